The van der Waals surface area contributed by atoms with Gasteiger partial charge in [-0.1, -0.05) is 213 Å². The van der Waals surface area contributed by atoms with Gasteiger partial charge in [0.25, 0.3) is 0 Å². The van der Waals surface area contributed by atoms with Crippen LogP contribution < -0.4 is 0 Å². The first kappa shape index (κ1) is 64.8. The molecular formula is C63H102O6. The van der Waals surface area contributed by atoms with Crippen molar-refractivity contribution in [2.75, 3.05) is 13.2 Å². The lowest BCUT2D eigenvalue weighted by Crippen LogP contribution is -2.30. The van der Waals surface area contributed by atoms with E-state index in [2.05, 4.69) is 130 Å². The summed E-state index contributed by atoms with van der Waals surface area (Å²) in [5.74, 6) is -1.05. The maximum absolute atomic E-state index is 12.8. The molecule has 0 aliphatic rings. The minimum Gasteiger partial charge on any atom is -0.462 e. The molecule has 0 fully saturated rings. The summed E-state index contributed by atoms with van der Waals surface area (Å²) in [6.07, 6.45) is 77.6. The molecule has 6 nitrogen and oxygen atoms in total. The van der Waals surface area contributed by atoms with Crippen LogP contribution in [0.4, 0.5) is 0 Å². The van der Waals surface area contributed by atoms with E-state index in [1.807, 2.05) is 12.2 Å². The average Bonchev–Trinajstić information content (AvgIpc) is 3.35. The molecule has 0 aromatic rings. The molecule has 0 bridgehead atoms. The van der Waals surface area contributed by atoms with E-state index >= 15 is 0 Å². The number of carbonyl (C=O) groups excluding carboxylic acids is 3. The van der Waals surface area contributed by atoms with Crippen LogP contribution in [-0.4, -0.2) is 37.2 Å². The SMILES string of the molecule is CCCCC/C=C\C/C=C\C/C=C\C/C=C\C/C=C\CCC(=O)O[C@H](COC(=O)CCCCCC/C=C\C/C=C\C/C=C\CCCCC)COC(=O)CCCCCCC/C=C\C/C=C\CCCCC. The van der Waals surface area contributed by atoms with Gasteiger partial charge in [0.05, 0.1) is 0 Å². The third kappa shape index (κ3) is 54.6. The molecule has 0 aliphatic carbocycles. The summed E-state index contributed by atoms with van der Waals surface area (Å²) in [6, 6.07) is 0. The van der Waals surface area contributed by atoms with Gasteiger partial charge >= 0.3 is 17.9 Å². The van der Waals surface area contributed by atoms with Crippen molar-refractivity contribution in [1.29, 1.82) is 0 Å². The van der Waals surface area contributed by atoms with Crippen LogP contribution in [0.2, 0.25) is 0 Å². The molecule has 0 amide bonds. The minimum absolute atomic E-state index is 0.125. The van der Waals surface area contributed by atoms with E-state index in [4.69, 9.17) is 14.2 Å². The number of hydrogen-bond donors (Lipinski definition) is 0. The number of hydrogen-bond acceptors (Lipinski definition) is 6. The molecule has 0 saturated carbocycles. The number of ether oxygens (including phenoxy) is 3. The molecule has 0 aromatic carbocycles. The first-order valence-electron chi connectivity index (χ1n) is 28.0. The highest BCUT2D eigenvalue weighted by Gasteiger charge is 2.19. The van der Waals surface area contributed by atoms with Crippen LogP contribution in [0.15, 0.2) is 122 Å². The molecule has 0 spiro atoms. The zero-order chi connectivity index (χ0) is 50.0. The standard InChI is InChI=1S/C63H102O6/c1-4-7-10-13-16-19-22-25-28-30-31-33-36-39-42-45-48-51-54-57-63(66)69-60(58-67-61(64)55-52-49-46-43-40-37-34-27-24-21-18-15-12-9-6-3)59-68-62(65)56-53-50-47-44-41-38-35-32-29-26-23-20-17-14-11-8-5-2/h16-21,25-29,31,33-35,38-39,42,48,51,60H,4-15,22-24,30,32,36-37,40-41,43-47,49-50,52-59H2,1-3H3/b19-16-,20-17-,21-18-,28-25-,29-26-,33-31-,34-27-,38-35-,42-39-,51-48-/t60-/m0/s1. The van der Waals surface area contributed by atoms with Gasteiger partial charge in [-0.3, -0.25) is 14.4 Å². The largest absolute Gasteiger partial charge is 0.462 e. The van der Waals surface area contributed by atoms with Crippen LogP contribution in [-0.2, 0) is 28.6 Å². The Labute approximate surface area is 424 Å². The lowest BCUT2D eigenvalue weighted by molar-refractivity contribution is -0.166. The van der Waals surface area contributed by atoms with E-state index in [1.165, 1.54) is 77.0 Å². The van der Waals surface area contributed by atoms with Crippen LogP contribution in [0, 0.1) is 0 Å². The van der Waals surface area contributed by atoms with Gasteiger partial charge in [-0.25, -0.2) is 0 Å². The van der Waals surface area contributed by atoms with E-state index in [1.54, 1.807) is 0 Å². The van der Waals surface area contributed by atoms with Crippen molar-refractivity contribution in [3.8, 4) is 0 Å². The molecule has 0 aromatic heterocycles. The third-order valence-corrected chi connectivity index (χ3v) is 11.4. The molecule has 0 rings (SSSR count). The Hall–Kier alpha value is -4.19. The van der Waals surface area contributed by atoms with Gasteiger partial charge in [-0.05, 0) is 128 Å². The second-order valence-electron chi connectivity index (χ2n) is 18.1. The lowest BCUT2D eigenvalue weighted by Gasteiger charge is -2.18. The van der Waals surface area contributed by atoms with Gasteiger partial charge in [0.15, 0.2) is 6.10 Å². The molecule has 0 heterocycles. The van der Waals surface area contributed by atoms with Crippen LogP contribution in [0.25, 0.3) is 0 Å². The highest BCUT2D eigenvalue weighted by atomic mass is 16.6. The smallest absolute Gasteiger partial charge is 0.306 e. The fourth-order valence-corrected chi connectivity index (χ4v) is 7.17. The Bertz CT molecular complexity index is 1470. The van der Waals surface area contributed by atoms with Gasteiger partial charge in [0, 0.05) is 19.3 Å². The molecule has 1 atom stereocenters. The summed E-state index contributed by atoms with van der Waals surface area (Å²) in [4.78, 5) is 38.1. The molecule has 0 aliphatic heterocycles. The lowest BCUT2D eigenvalue weighted by atomic mass is 10.1. The molecular weight excluding hydrogens is 853 g/mol. The number of carbonyl (C=O) groups is 3. The number of allylic oxidation sites excluding steroid dienone is 20. The third-order valence-electron chi connectivity index (χ3n) is 11.4. The van der Waals surface area contributed by atoms with Crippen molar-refractivity contribution in [2.24, 2.45) is 0 Å². The topological polar surface area (TPSA) is 78.9 Å². The predicted molar refractivity (Wildman–Crippen MR) is 297 cm³/mol. The Morgan fingerprint density at radius 3 is 0.870 bits per heavy atom. The van der Waals surface area contributed by atoms with E-state index in [9.17, 15) is 14.4 Å². The van der Waals surface area contributed by atoms with Crippen molar-refractivity contribution in [1.82, 2.24) is 0 Å². The van der Waals surface area contributed by atoms with Crippen molar-refractivity contribution in [3.05, 3.63) is 122 Å². The van der Waals surface area contributed by atoms with Crippen molar-refractivity contribution in [3.63, 3.8) is 0 Å². The number of unbranched alkanes of at least 4 members (excludes halogenated alkanes) is 18. The first-order chi connectivity index (χ1) is 34.0. The molecule has 0 unspecified atom stereocenters. The summed E-state index contributed by atoms with van der Waals surface area (Å²) in [5.41, 5.74) is 0. The number of esters is 3. The minimum atomic E-state index is -0.837. The summed E-state index contributed by atoms with van der Waals surface area (Å²) in [6.45, 7) is 6.45. The van der Waals surface area contributed by atoms with Gasteiger partial charge in [-0.2, -0.15) is 0 Å². The fraction of sp³-hybridized carbons (Fsp3) is 0.635. The van der Waals surface area contributed by atoms with Crippen molar-refractivity contribution < 1.29 is 28.6 Å². The first-order valence-corrected chi connectivity index (χ1v) is 28.0. The van der Waals surface area contributed by atoms with Crippen molar-refractivity contribution in [2.45, 2.75) is 245 Å². The molecule has 6 heteroatoms. The maximum atomic E-state index is 12.8. The molecule has 390 valence electrons. The van der Waals surface area contributed by atoms with Crippen molar-refractivity contribution >= 4 is 17.9 Å². The normalized spacial score (nSPS) is 13.0. The highest BCUT2D eigenvalue weighted by Crippen LogP contribution is 2.12. The summed E-state index contributed by atoms with van der Waals surface area (Å²) in [5, 5.41) is 0. The van der Waals surface area contributed by atoms with Gasteiger partial charge < -0.3 is 14.2 Å². The predicted octanol–water partition coefficient (Wildman–Crippen LogP) is 18.9. The van der Waals surface area contributed by atoms with Crippen LogP contribution in [0.1, 0.15) is 239 Å². The van der Waals surface area contributed by atoms with Gasteiger partial charge in [0.1, 0.15) is 13.2 Å². The molecule has 0 N–H and O–H groups in total. The molecule has 0 radical (unpaired) electrons. The zero-order valence-corrected chi connectivity index (χ0v) is 44.5. The average molecular weight is 956 g/mol. The maximum Gasteiger partial charge on any atom is 0.306 e. The Balaban J connectivity index is 4.59. The number of rotatable bonds is 49. The Morgan fingerprint density at radius 1 is 0.290 bits per heavy atom. The Kier molecular flexibility index (Phi) is 53.0. The van der Waals surface area contributed by atoms with Gasteiger partial charge in [-0.15, -0.1) is 0 Å². The second kappa shape index (κ2) is 56.4. The van der Waals surface area contributed by atoms with E-state index in [0.29, 0.717) is 19.3 Å². The summed E-state index contributed by atoms with van der Waals surface area (Å²) < 4.78 is 16.7. The zero-order valence-electron chi connectivity index (χ0n) is 44.5. The summed E-state index contributed by atoms with van der Waals surface area (Å²) >= 11 is 0. The Morgan fingerprint density at radius 2 is 0.551 bits per heavy atom. The monoisotopic (exact) mass is 955 g/mol. The van der Waals surface area contributed by atoms with E-state index < -0.39 is 12.1 Å². The van der Waals surface area contributed by atoms with Gasteiger partial charge in [0.2, 0.25) is 0 Å². The quantitative estimate of drug-likeness (QED) is 0.0262. The second-order valence-corrected chi connectivity index (χ2v) is 18.1. The van der Waals surface area contributed by atoms with Crippen LogP contribution in [0.3, 0.4) is 0 Å². The molecule has 69 heavy (non-hydrogen) atoms. The summed E-state index contributed by atoms with van der Waals surface area (Å²) in [7, 11) is 0. The van der Waals surface area contributed by atoms with Crippen LogP contribution >= 0.6 is 0 Å². The van der Waals surface area contributed by atoms with Crippen LogP contribution in [0.5, 0.6) is 0 Å². The fourth-order valence-electron chi connectivity index (χ4n) is 7.17. The highest BCUT2D eigenvalue weighted by molar-refractivity contribution is 5.71. The van der Waals surface area contributed by atoms with E-state index in [-0.39, 0.29) is 31.6 Å². The molecule has 0 saturated heterocycles. The van der Waals surface area contributed by atoms with E-state index in [0.717, 1.165) is 116 Å².